The third-order valence-corrected chi connectivity index (χ3v) is 4.17. The average molecular weight is 353 g/mol. The zero-order valence-electron chi connectivity index (χ0n) is 14.7. The fourth-order valence-corrected chi connectivity index (χ4v) is 2.81. The van der Waals surface area contributed by atoms with Crippen LogP contribution in [0.15, 0.2) is 57.9 Å². The van der Waals surface area contributed by atoms with E-state index in [2.05, 4.69) is 23.7 Å². The number of anilines is 1. The van der Waals surface area contributed by atoms with Gasteiger partial charge in [-0.05, 0) is 50.2 Å². The van der Waals surface area contributed by atoms with E-state index in [1.165, 1.54) is 18.2 Å². The summed E-state index contributed by atoms with van der Waals surface area (Å²) in [4.78, 5) is 18.3. The average Bonchev–Trinajstić information content (AvgIpc) is 2.62. The van der Waals surface area contributed by atoms with Crippen LogP contribution in [0.4, 0.5) is 15.8 Å². The van der Waals surface area contributed by atoms with E-state index < -0.39 is 11.7 Å². The molecule has 0 unspecified atom stereocenters. The smallest absolute Gasteiger partial charge is 0.254 e. The van der Waals surface area contributed by atoms with Gasteiger partial charge in [-0.3, -0.25) is 4.79 Å². The number of hydrogen-bond donors (Lipinski definition) is 1. The number of fused-ring (bicyclic) bond motifs is 1. The molecule has 26 heavy (non-hydrogen) atoms. The lowest BCUT2D eigenvalue weighted by Gasteiger charge is -2.21. The van der Waals surface area contributed by atoms with Crippen molar-refractivity contribution in [3.05, 3.63) is 65.5 Å². The molecule has 2 aromatic carbocycles. The predicted octanol–water partition coefficient (Wildman–Crippen LogP) is 3.75. The topological polar surface area (TPSA) is 71.8 Å². The molecule has 0 aliphatic carbocycles. The molecule has 5 nitrogen and oxygen atoms in total. The van der Waals surface area contributed by atoms with Gasteiger partial charge in [0.1, 0.15) is 17.0 Å². The van der Waals surface area contributed by atoms with Crippen molar-refractivity contribution in [2.75, 3.05) is 18.0 Å². The Morgan fingerprint density at radius 1 is 1.15 bits per heavy atom. The van der Waals surface area contributed by atoms with Crippen molar-refractivity contribution >= 4 is 28.3 Å². The number of nitrogens with two attached hydrogens (primary N) is 1. The molecule has 0 aliphatic heterocycles. The monoisotopic (exact) mass is 353 g/mol. The number of benzene rings is 2. The van der Waals surface area contributed by atoms with Crippen LogP contribution in [-0.2, 0) is 0 Å². The molecule has 1 aromatic heterocycles. The lowest BCUT2D eigenvalue weighted by Crippen LogP contribution is -2.22. The second kappa shape index (κ2) is 7.39. The van der Waals surface area contributed by atoms with Crippen LogP contribution in [-0.4, -0.2) is 19.0 Å². The number of amides is 1. The Bertz CT molecular complexity index is 1020. The summed E-state index contributed by atoms with van der Waals surface area (Å²) < 4.78 is 19.3. The first-order valence-electron chi connectivity index (χ1n) is 8.44. The minimum atomic E-state index is -0.654. The van der Waals surface area contributed by atoms with Crippen molar-refractivity contribution in [1.29, 1.82) is 0 Å². The lowest BCUT2D eigenvalue weighted by atomic mass is 10.1. The van der Waals surface area contributed by atoms with E-state index in [4.69, 9.17) is 10.2 Å². The fourth-order valence-electron chi connectivity index (χ4n) is 2.81. The highest BCUT2D eigenvalue weighted by molar-refractivity contribution is 5.95. The first kappa shape index (κ1) is 17.7. The number of halogens is 1. The normalized spacial score (nSPS) is 11.7. The van der Waals surface area contributed by atoms with Crippen LogP contribution in [0.3, 0.4) is 0 Å². The van der Waals surface area contributed by atoms with Crippen molar-refractivity contribution in [3.8, 4) is 0 Å². The van der Waals surface area contributed by atoms with Crippen LogP contribution in [0, 0.1) is 5.82 Å². The molecule has 0 spiro atoms. The third kappa shape index (κ3) is 3.59. The van der Waals surface area contributed by atoms with Crippen LogP contribution >= 0.6 is 0 Å². The van der Waals surface area contributed by atoms with Gasteiger partial charge in [-0.15, -0.1) is 0 Å². The standard InChI is InChI=1S/C20H20FN3O2/c1-3-24(4-2)16-9-8-13-10-17(19(22)25)20(26-18(13)12-16)23-15-7-5-6-14(21)11-15/h5-12H,3-4H2,1-2H3,(H2,22,25). The van der Waals surface area contributed by atoms with E-state index in [1.54, 1.807) is 12.1 Å². The van der Waals surface area contributed by atoms with Gasteiger partial charge in [-0.25, -0.2) is 9.38 Å². The SMILES string of the molecule is CCN(CC)c1ccc2cc(C(N)=O)c(=Nc3cccc(F)c3)oc2c1. The molecule has 0 radical (unpaired) electrons. The van der Waals surface area contributed by atoms with Crippen molar-refractivity contribution in [2.45, 2.75) is 13.8 Å². The van der Waals surface area contributed by atoms with Crippen molar-refractivity contribution in [3.63, 3.8) is 0 Å². The number of nitrogens with zero attached hydrogens (tertiary/aromatic N) is 2. The molecule has 1 amide bonds. The molecule has 3 aromatic rings. The summed E-state index contributed by atoms with van der Waals surface area (Å²) in [5, 5.41) is 0.743. The molecule has 3 rings (SSSR count). The Labute approximate surface area is 150 Å². The van der Waals surface area contributed by atoms with Crippen LogP contribution in [0.25, 0.3) is 11.0 Å². The highest BCUT2D eigenvalue weighted by Gasteiger charge is 2.11. The Hall–Kier alpha value is -3.15. The summed E-state index contributed by atoms with van der Waals surface area (Å²) in [6, 6.07) is 13.1. The van der Waals surface area contributed by atoms with Crippen molar-refractivity contribution in [1.82, 2.24) is 0 Å². The van der Waals surface area contributed by atoms with E-state index in [1.807, 2.05) is 18.2 Å². The fraction of sp³-hybridized carbons (Fsp3) is 0.200. The van der Waals surface area contributed by atoms with E-state index in [-0.39, 0.29) is 11.1 Å². The Balaban J connectivity index is 2.22. The summed E-state index contributed by atoms with van der Waals surface area (Å²) in [7, 11) is 0. The maximum atomic E-state index is 13.4. The van der Waals surface area contributed by atoms with Crippen LogP contribution in [0.2, 0.25) is 0 Å². The summed E-state index contributed by atoms with van der Waals surface area (Å²) in [6.45, 7) is 5.88. The third-order valence-electron chi connectivity index (χ3n) is 4.17. The van der Waals surface area contributed by atoms with Gasteiger partial charge in [0.15, 0.2) is 0 Å². The zero-order valence-corrected chi connectivity index (χ0v) is 14.7. The number of carbonyl (C=O) groups excluding carboxylic acids is 1. The van der Waals surface area contributed by atoms with E-state index >= 15 is 0 Å². The van der Waals surface area contributed by atoms with Crippen LogP contribution < -0.4 is 16.2 Å². The van der Waals surface area contributed by atoms with E-state index in [0.717, 1.165) is 24.2 Å². The molecular formula is C20H20FN3O2. The molecule has 0 aliphatic rings. The maximum Gasteiger partial charge on any atom is 0.254 e. The molecule has 134 valence electrons. The van der Waals surface area contributed by atoms with Gasteiger partial charge in [-0.2, -0.15) is 0 Å². The van der Waals surface area contributed by atoms with Gasteiger partial charge in [0.05, 0.1) is 5.69 Å². The van der Waals surface area contributed by atoms with Gasteiger partial charge >= 0.3 is 0 Å². The first-order chi connectivity index (χ1) is 12.5. The molecule has 6 heteroatoms. The second-order valence-corrected chi connectivity index (χ2v) is 5.82. The highest BCUT2D eigenvalue weighted by Crippen LogP contribution is 2.22. The molecule has 0 saturated carbocycles. The number of hydrogen-bond acceptors (Lipinski definition) is 4. The number of primary amides is 1. The predicted molar refractivity (Wildman–Crippen MR) is 99.9 cm³/mol. The van der Waals surface area contributed by atoms with Gasteiger partial charge in [0.2, 0.25) is 5.55 Å². The van der Waals surface area contributed by atoms with Gasteiger partial charge in [0, 0.05) is 30.2 Å². The van der Waals surface area contributed by atoms with Gasteiger partial charge in [0.25, 0.3) is 5.91 Å². The number of rotatable bonds is 5. The zero-order chi connectivity index (χ0) is 18.7. The summed E-state index contributed by atoms with van der Waals surface area (Å²) in [5.41, 5.74) is 7.61. The first-order valence-corrected chi connectivity index (χ1v) is 8.44. The summed E-state index contributed by atoms with van der Waals surface area (Å²) in [5.74, 6) is -1.07. The van der Waals surface area contributed by atoms with E-state index in [0.29, 0.717) is 11.3 Å². The van der Waals surface area contributed by atoms with Crippen molar-refractivity contribution in [2.24, 2.45) is 10.7 Å². The summed E-state index contributed by atoms with van der Waals surface area (Å²) in [6.07, 6.45) is 0. The van der Waals surface area contributed by atoms with Gasteiger partial charge in [-0.1, -0.05) is 6.07 Å². The molecule has 0 fully saturated rings. The summed E-state index contributed by atoms with van der Waals surface area (Å²) >= 11 is 0. The molecule has 0 bridgehead atoms. The van der Waals surface area contributed by atoms with Crippen LogP contribution in [0.5, 0.6) is 0 Å². The highest BCUT2D eigenvalue weighted by atomic mass is 19.1. The largest absolute Gasteiger partial charge is 0.437 e. The maximum absolute atomic E-state index is 13.4. The Morgan fingerprint density at radius 3 is 2.58 bits per heavy atom. The molecule has 1 heterocycles. The van der Waals surface area contributed by atoms with Crippen molar-refractivity contribution < 1.29 is 13.6 Å². The molecule has 2 N–H and O–H groups in total. The molecular weight excluding hydrogens is 333 g/mol. The van der Waals surface area contributed by atoms with Gasteiger partial charge < -0.3 is 15.1 Å². The Kier molecular flexibility index (Phi) is 5.02. The second-order valence-electron chi connectivity index (χ2n) is 5.82. The minimum Gasteiger partial charge on any atom is -0.437 e. The number of carbonyl (C=O) groups is 1. The molecule has 0 saturated heterocycles. The molecule has 0 atom stereocenters. The minimum absolute atomic E-state index is 0.0623. The van der Waals surface area contributed by atoms with Crippen LogP contribution in [0.1, 0.15) is 24.2 Å². The van der Waals surface area contributed by atoms with E-state index in [9.17, 15) is 9.18 Å². The Morgan fingerprint density at radius 2 is 1.92 bits per heavy atom. The lowest BCUT2D eigenvalue weighted by molar-refractivity contribution is 0.0996. The quantitative estimate of drug-likeness (QED) is 0.759.